The monoisotopic (exact) mass is 219 g/mol. The highest BCUT2D eigenvalue weighted by atomic mass is 16.5. The molecular formula is C13H17NO2. The summed E-state index contributed by atoms with van der Waals surface area (Å²) in [6.07, 6.45) is 0. The Hall–Kier alpha value is -1.35. The summed E-state index contributed by atoms with van der Waals surface area (Å²) in [6.45, 7) is 6.20. The lowest BCUT2D eigenvalue weighted by Crippen LogP contribution is -2.46. The maximum atomic E-state index is 12.0. The molecule has 1 aliphatic heterocycles. The van der Waals surface area contributed by atoms with Crippen LogP contribution in [-0.4, -0.2) is 25.5 Å². The summed E-state index contributed by atoms with van der Waals surface area (Å²) in [4.78, 5) is 12.0. The number of hydrogen-bond acceptors (Lipinski definition) is 3. The van der Waals surface area contributed by atoms with Crippen molar-refractivity contribution >= 4 is 5.78 Å². The number of carbonyl (C=O) groups excluding carboxylic acids is 1. The van der Waals surface area contributed by atoms with Crippen molar-refractivity contribution < 1.29 is 9.53 Å². The molecule has 16 heavy (non-hydrogen) atoms. The van der Waals surface area contributed by atoms with Gasteiger partial charge in [0, 0.05) is 24.6 Å². The largest absolute Gasteiger partial charge is 0.494 e. The zero-order valence-corrected chi connectivity index (χ0v) is 9.75. The first-order valence-electron chi connectivity index (χ1n) is 5.70. The third-order valence-electron chi connectivity index (χ3n) is 2.91. The molecular weight excluding hydrogens is 202 g/mol. The number of carbonyl (C=O) groups is 1. The molecule has 1 saturated heterocycles. The molecule has 0 saturated carbocycles. The van der Waals surface area contributed by atoms with Gasteiger partial charge in [0.05, 0.1) is 6.61 Å². The lowest BCUT2D eigenvalue weighted by molar-refractivity contribution is 0.0878. The molecule has 1 aromatic carbocycles. The Morgan fingerprint density at radius 1 is 1.50 bits per heavy atom. The molecule has 0 atom stereocenters. The van der Waals surface area contributed by atoms with E-state index in [2.05, 4.69) is 5.32 Å². The van der Waals surface area contributed by atoms with Crippen molar-refractivity contribution in [1.82, 2.24) is 5.32 Å². The van der Waals surface area contributed by atoms with E-state index < -0.39 is 0 Å². The minimum Gasteiger partial charge on any atom is -0.494 e. The lowest BCUT2D eigenvalue weighted by Gasteiger charge is -2.25. The van der Waals surface area contributed by atoms with Gasteiger partial charge in [0.15, 0.2) is 5.78 Å². The summed E-state index contributed by atoms with van der Waals surface area (Å²) in [6, 6.07) is 5.67. The smallest absolute Gasteiger partial charge is 0.168 e. The number of ether oxygens (including phenoxy) is 1. The van der Waals surface area contributed by atoms with Crippen LogP contribution in [0.2, 0.25) is 0 Å². The number of rotatable bonds is 4. The summed E-state index contributed by atoms with van der Waals surface area (Å²) in [5, 5.41) is 3.11. The maximum absolute atomic E-state index is 12.0. The van der Waals surface area contributed by atoms with Crippen molar-refractivity contribution in [2.45, 2.75) is 13.8 Å². The van der Waals surface area contributed by atoms with Crippen LogP contribution >= 0.6 is 0 Å². The third-order valence-corrected chi connectivity index (χ3v) is 2.91. The molecule has 0 spiro atoms. The van der Waals surface area contributed by atoms with Crippen molar-refractivity contribution in [3.63, 3.8) is 0 Å². The number of benzene rings is 1. The first-order valence-corrected chi connectivity index (χ1v) is 5.70. The van der Waals surface area contributed by atoms with Gasteiger partial charge >= 0.3 is 0 Å². The minimum atomic E-state index is 0.164. The Bertz CT molecular complexity index is 397. The molecule has 1 aliphatic rings. The molecule has 0 radical (unpaired) electrons. The number of Topliss-reactive ketones (excluding diaryl/α,β-unsaturated/α-hetero) is 1. The van der Waals surface area contributed by atoms with Crippen LogP contribution in [0.5, 0.6) is 5.75 Å². The zero-order valence-electron chi connectivity index (χ0n) is 9.75. The fourth-order valence-electron chi connectivity index (χ4n) is 1.83. The van der Waals surface area contributed by atoms with Gasteiger partial charge in [-0.1, -0.05) is 0 Å². The van der Waals surface area contributed by atoms with Crippen molar-refractivity contribution in [3.05, 3.63) is 29.3 Å². The van der Waals surface area contributed by atoms with E-state index in [-0.39, 0.29) is 11.7 Å². The predicted octanol–water partition coefficient (Wildman–Crippen LogP) is 1.80. The molecule has 3 heteroatoms. The molecule has 86 valence electrons. The van der Waals surface area contributed by atoms with Crippen LogP contribution in [0, 0.1) is 12.8 Å². The molecule has 1 heterocycles. The molecule has 2 rings (SSSR count). The number of aryl methyl sites for hydroxylation is 1. The quantitative estimate of drug-likeness (QED) is 0.785. The number of hydrogen-bond donors (Lipinski definition) is 1. The summed E-state index contributed by atoms with van der Waals surface area (Å²) in [7, 11) is 0. The van der Waals surface area contributed by atoms with Gasteiger partial charge in [-0.15, -0.1) is 0 Å². The van der Waals surface area contributed by atoms with Crippen LogP contribution in [0.4, 0.5) is 0 Å². The average Bonchev–Trinajstić information content (AvgIpc) is 2.18. The van der Waals surface area contributed by atoms with Crippen LogP contribution in [0.3, 0.4) is 0 Å². The highest BCUT2D eigenvalue weighted by molar-refractivity contribution is 5.99. The first kappa shape index (κ1) is 11.1. The molecule has 0 aromatic heterocycles. The van der Waals surface area contributed by atoms with Crippen LogP contribution in [0.1, 0.15) is 22.8 Å². The highest BCUT2D eigenvalue weighted by Gasteiger charge is 2.25. The Kier molecular flexibility index (Phi) is 3.25. The Labute approximate surface area is 95.8 Å². The molecule has 1 fully saturated rings. The van der Waals surface area contributed by atoms with E-state index in [0.29, 0.717) is 6.61 Å². The van der Waals surface area contributed by atoms with Gasteiger partial charge in [-0.3, -0.25) is 4.79 Å². The zero-order chi connectivity index (χ0) is 11.5. The molecule has 0 unspecified atom stereocenters. The van der Waals surface area contributed by atoms with Gasteiger partial charge in [0.1, 0.15) is 5.75 Å². The van der Waals surface area contributed by atoms with Crippen LogP contribution in [0.15, 0.2) is 18.2 Å². The average molecular weight is 219 g/mol. The second-order valence-corrected chi connectivity index (χ2v) is 4.13. The van der Waals surface area contributed by atoms with E-state index >= 15 is 0 Å². The van der Waals surface area contributed by atoms with E-state index in [0.717, 1.165) is 30.0 Å². The van der Waals surface area contributed by atoms with Crippen molar-refractivity contribution in [2.24, 2.45) is 5.92 Å². The minimum absolute atomic E-state index is 0.164. The Morgan fingerprint density at radius 2 is 2.25 bits per heavy atom. The fourth-order valence-corrected chi connectivity index (χ4v) is 1.83. The Balaban J connectivity index is 2.16. The SMILES string of the molecule is CCOc1ccc(C(=O)C2CNC2)cc1C. The van der Waals surface area contributed by atoms with Gasteiger partial charge in [0.25, 0.3) is 0 Å². The third kappa shape index (κ3) is 2.09. The predicted molar refractivity (Wildman–Crippen MR) is 63.0 cm³/mol. The Morgan fingerprint density at radius 3 is 2.75 bits per heavy atom. The summed E-state index contributed by atoms with van der Waals surface area (Å²) in [5.41, 5.74) is 1.83. The van der Waals surface area contributed by atoms with Crippen molar-refractivity contribution in [1.29, 1.82) is 0 Å². The maximum Gasteiger partial charge on any atom is 0.168 e. The fraction of sp³-hybridized carbons (Fsp3) is 0.462. The van der Waals surface area contributed by atoms with Crippen LogP contribution < -0.4 is 10.1 Å². The standard InChI is InChI=1S/C13H17NO2/c1-3-16-12-5-4-10(6-9(12)2)13(15)11-7-14-8-11/h4-6,11,14H,3,7-8H2,1-2H3. The first-order chi connectivity index (χ1) is 7.72. The van der Waals surface area contributed by atoms with E-state index in [9.17, 15) is 4.79 Å². The van der Waals surface area contributed by atoms with Gasteiger partial charge in [0.2, 0.25) is 0 Å². The van der Waals surface area contributed by atoms with E-state index in [1.165, 1.54) is 0 Å². The second-order valence-electron chi connectivity index (χ2n) is 4.13. The normalized spacial score (nSPS) is 15.6. The van der Waals surface area contributed by atoms with Gasteiger partial charge in [-0.25, -0.2) is 0 Å². The number of ketones is 1. The van der Waals surface area contributed by atoms with Crippen LogP contribution in [0.25, 0.3) is 0 Å². The van der Waals surface area contributed by atoms with Crippen LogP contribution in [-0.2, 0) is 0 Å². The molecule has 0 bridgehead atoms. The molecule has 1 N–H and O–H groups in total. The molecule has 0 aliphatic carbocycles. The molecule has 3 nitrogen and oxygen atoms in total. The van der Waals surface area contributed by atoms with Gasteiger partial charge in [-0.2, -0.15) is 0 Å². The van der Waals surface area contributed by atoms with E-state index in [1.807, 2.05) is 32.0 Å². The topological polar surface area (TPSA) is 38.3 Å². The van der Waals surface area contributed by atoms with Crippen molar-refractivity contribution in [2.75, 3.05) is 19.7 Å². The second kappa shape index (κ2) is 4.66. The van der Waals surface area contributed by atoms with E-state index in [4.69, 9.17) is 4.74 Å². The lowest BCUT2D eigenvalue weighted by atomic mass is 9.92. The summed E-state index contributed by atoms with van der Waals surface area (Å²) < 4.78 is 5.45. The van der Waals surface area contributed by atoms with Gasteiger partial charge in [-0.05, 0) is 37.6 Å². The highest BCUT2D eigenvalue weighted by Crippen LogP contribution is 2.21. The van der Waals surface area contributed by atoms with E-state index in [1.54, 1.807) is 0 Å². The number of nitrogens with one attached hydrogen (secondary N) is 1. The summed E-state index contributed by atoms with van der Waals surface area (Å²) in [5.74, 6) is 1.27. The van der Waals surface area contributed by atoms with Crippen molar-refractivity contribution in [3.8, 4) is 5.75 Å². The van der Waals surface area contributed by atoms with Gasteiger partial charge < -0.3 is 10.1 Å². The molecule has 0 amide bonds. The summed E-state index contributed by atoms with van der Waals surface area (Å²) >= 11 is 0. The molecule has 1 aromatic rings.